The largest absolute Gasteiger partial charge is 0.271 e. The Morgan fingerprint density at radius 3 is 2.63 bits per heavy atom. The minimum absolute atomic E-state index is 0.00274. The molecule has 0 fully saturated rings. The normalized spacial score (nSPS) is 12.4. The van der Waals surface area contributed by atoms with Crippen LogP contribution in [0.2, 0.25) is 0 Å². The highest BCUT2D eigenvalue weighted by Gasteiger charge is 2.14. The van der Waals surface area contributed by atoms with Crippen molar-refractivity contribution in [2.75, 3.05) is 0 Å². The van der Waals surface area contributed by atoms with Gasteiger partial charge in [-0.1, -0.05) is 46.3 Å². The van der Waals surface area contributed by atoms with Gasteiger partial charge in [-0.15, -0.1) is 0 Å². The van der Waals surface area contributed by atoms with Gasteiger partial charge in [0.2, 0.25) is 0 Å². The van der Waals surface area contributed by atoms with Crippen molar-refractivity contribution in [1.29, 1.82) is 0 Å². The van der Waals surface area contributed by atoms with Crippen LogP contribution >= 0.6 is 15.9 Å². The monoisotopic (exact) mass is 322 g/mol. The van der Waals surface area contributed by atoms with E-state index in [0.29, 0.717) is 6.42 Å². The van der Waals surface area contributed by atoms with Crippen LogP contribution in [0.15, 0.2) is 46.9 Å². The highest BCUT2D eigenvalue weighted by molar-refractivity contribution is 9.10. The number of hydrogen-bond donors (Lipinski definition) is 2. The Morgan fingerprint density at radius 1 is 1.26 bits per heavy atom. The van der Waals surface area contributed by atoms with Crippen LogP contribution in [-0.4, -0.2) is 0 Å². The summed E-state index contributed by atoms with van der Waals surface area (Å²) >= 11 is 3.39. The van der Waals surface area contributed by atoms with Crippen molar-refractivity contribution in [3.63, 3.8) is 0 Å². The van der Waals surface area contributed by atoms with Gasteiger partial charge < -0.3 is 0 Å². The molecule has 0 bridgehead atoms. The summed E-state index contributed by atoms with van der Waals surface area (Å²) in [6, 6.07) is 12.8. The molecule has 2 aromatic rings. The van der Waals surface area contributed by atoms with Crippen molar-refractivity contribution < 1.29 is 4.39 Å². The predicted molar refractivity (Wildman–Crippen MR) is 79.0 cm³/mol. The molecule has 0 saturated heterocycles. The molecule has 4 heteroatoms. The number of nitrogens with two attached hydrogens (primary N) is 1. The van der Waals surface area contributed by atoms with Crippen LogP contribution in [0.1, 0.15) is 22.7 Å². The van der Waals surface area contributed by atoms with Crippen molar-refractivity contribution in [1.82, 2.24) is 5.43 Å². The van der Waals surface area contributed by atoms with Gasteiger partial charge >= 0.3 is 0 Å². The minimum atomic E-state index is -0.247. The molecule has 2 aromatic carbocycles. The first-order valence-electron chi connectivity index (χ1n) is 6.07. The lowest BCUT2D eigenvalue weighted by Crippen LogP contribution is -2.30. The Labute approximate surface area is 120 Å². The lowest BCUT2D eigenvalue weighted by Gasteiger charge is -2.19. The fourth-order valence-corrected chi connectivity index (χ4v) is 2.66. The first-order valence-corrected chi connectivity index (χ1v) is 6.86. The topological polar surface area (TPSA) is 38.0 Å². The van der Waals surface area contributed by atoms with Gasteiger partial charge in [0, 0.05) is 4.47 Å². The summed E-state index contributed by atoms with van der Waals surface area (Å²) in [4.78, 5) is 0. The van der Waals surface area contributed by atoms with Crippen LogP contribution in [0.5, 0.6) is 0 Å². The molecule has 1 atom stereocenters. The minimum Gasteiger partial charge on any atom is -0.271 e. The Kier molecular flexibility index (Phi) is 4.69. The van der Waals surface area contributed by atoms with E-state index in [1.165, 1.54) is 17.7 Å². The maximum atomic E-state index is 13.1. The van der Waals surface area contributed by atoms with Crippen molar-refractivity contribution in [2.45, 2.75) is 19.4 Å². The zero-order valence-corrected chi connectivity index (χ0v) is 12.2. The number of benzene rings is 2. The van der Waals surface area contributed by atoms with Crippen molar-refractivity contribution in [3.8, 4) is 0 Å². The summed E-state index contributed by atoms with van der Waals surface area (Å²) in [5.74, 6) is 5.42. The molecule has 0 heterocycles. The van der Waals surface area contributed by atoms with Crippen molar-refractivity contribution in [3.05, 3.63) is 69.4 Å². The van der Waals surface area contributed by atoms with Crippen LogP contribution in [-0.2, 0) is 6.42 Å². The second-order valence-corrected chi connectivity index (χ2v) is 5.37. The molecule has 3 N–H and O–H groups in total. The van der Waals surface area contributed by atoms with Gasteiger partial charge in [-0.2, -0.15) is 0 Å². The van der Waals surface area contributed by atoms with E-state index < -0.39 is 0 Å². The van der Waals surface area contributed by atoms with Gasteiger partial charge in [-0.25, -0.2) is 4.39 Å². The molecule has 2 rings (SSSR count). The smallest absolute Gasteiger partial charge is 0.124 e. The molecular weight excluding hydrogens is 307 g/mol. The Balaban J connectivity index is 2.27. The molecule has 0 saturated carbocycles. The lowest BCUT2D eigenvalue weighted by atomic mass is 9.96. The molecule has 0 aliphatic rings. The van der Waals surface area contributed by atoms with E-state index in [4.69, 9.17) is 5.84 Å². The average Bonchev–Trinajstić information content (AvgIpc) is 2.39. The third kappa shape index (κ3) is 3.41. The summed E-state index contributed by atoms with van der Waals surface area (Å²) in [5.41, 5.74) is 6.19. The Morgan fingerprint density at radius 2 is 2.00 bits per heavy atom. The van der Waals surface area contributed by atoms with Gasteiger partial charge in [0.25, 0.3) is 0 Å². The number of hydrogen-bond acceptors (Lipinski definition) is 2. The van der Waals surface area contributed by atoms with Crippen molar-refractivity contribution in [2.24, 2.45) is 5.84 Å². The summed E-state index contributed by atoms with van der Waals surface area (Å²) < 4.78 is 13.8. The van der Waals surface area contributed by atoms with Crippen LogP contribution < -0.4 is 11.3 Å². The van der Waals surface area contributed by atoms with Gasteiger partial charge in [-0.3, -0.25) is 11.3 Å². The van der Waals surface area contributed by atoms with Gasteiger partial charge in [0.15, 0.2) is 0 Å². The van der Waals surface area contributed by atoms with Crippen LogP contribution in [0.25, 0.3) is 0 Å². The third-order valence-corrected chi connectivity index (χ3v) is 3.94. The van der Waals surface area contributed by atoms with E-state index in [2.05, 4.69) is 40.4 Å². The molecule has 0 spiro atoms. The number of hydrazine groups is 1. The molecule has 0 aliphatic carbocycles. The van der Waals surface area contributed by atoms with E-state index >= 15 is 0 Å². The predicted octanol–water partition coefficient (Wildman–Crippen LogP) is 3.64. The molecule has 0 aliphatic heterocycles. The van der Waals surface area contributed by atoms with Gasteiger partial charge in [-0.05, 0) is 42.2 Å². The van der Waals surface area contributed by atoms with Crippen LogP contribution in [0, 0.1) is 12.7 Å². The number of nitrogens with one attached hydrogen (secondary N) is 1. The van der Waals surface area contributed by atoms with E-state index in [1.54, 1.807) is 6.07 Å². The maximum Gasteiger partial charge on any atom is 0.124 e. The summed E-state index contributed by atoms with van der Waals surface area (Å²) in [6.45, 7) is 2.05. The Hall–Kier alpha value is -1.23. The molecule has 0 radical (unpaired) electrons. The SMILES string of the molecule is Cc1ccccc1C(Cc1ccc(F)cc1Br)NN. The van der Waals surface area contributed by atoms with E-state index in [9.17, 15) is 4.39 Å². The zero-order chi connectivity index (χ0) is 13.8. The zero-order valence-electron chi connectivity index (χ0n) is 10.7. The number of aryl methyl sites for hydroxylation is 1. The van der Waals surface area contributed by atoms with Crippen molar-refractivity contribution >= 4 is 15.9 Å². The molecular formula is C15H16BrFN2. The first-order chi connectivity index (χ1) is 9.11. The van der Waals surface area contributed by atoms with Crippen LogP contribution in [0.3, 0.4) is 0 Å². The quantitative estimate of drug-likeness (QED) is 0.666. The van der Waals surface area contributed by atoms with Crippen LogP contribution in [0.4, 0.5) is 4.39 Å². The average molecular weight is 323 g/mol. The van der Waals surface area contributed by atoms with E-state index in [1.807, 2.05) is 12.1 Å². The fourth-order valence-electron chi connectivity index (χ4n) is 2.14. The summed E-state index contributed by atoms with van der Waals surface area (Å²) in [7, 11) is 0. The molecule has 19 heavy (non-hydrogen) atoms. The van der Waals surface area contributed by atoms with E-state index in [0.717, 1.165) is 15.6 Å². The molecule has 0 aromatic heterocycles. The van der Waals surface area contributed by atoms with Gasteiger partial charge in [0.1, 0.15) is 5.82 Å². The highest BCUT2D eigenvalue weighted by Crippen LogP contribution is 2.25. The van der Waals surface area contributed by atoms with Gasteiger partial charge in [0.05, 0.1) is 6.04 Å². The summed E-state index contributed by atoms with van der Waals surface area (Å²) in [5, 5.41) is 0. The second-order valence-electron chi connectivity index (χ2n) is 4.52. The number of halogens is 2. The maximum absolute atomic E-state index is 13.1. The molecule has 100 valence electrons. The highest BCUT2D eigenvalue weighted by atomic mass is 79.9. The first kappa shape index (κ1) is 14.2. The number of rotatable bonds is 4. The second kappa shape index (κ2) is 6.28. The molecule has 2 nitrogen and oxygen atoms in total. The Bertz CT molecular complexity index is 572. The summed E-state index contributed by atoms with van der Waals surface area (Å²) in [6.07, 6.45) is 0.697. The molecule has 1 unspecified atom stereocenters. The molecule has 0 amide bonds. The standard InChI is InChI=1S/C15H16BrFN2/c1-10-4-2-3-5-13(10)15(19-18)8-11-6-7-12(17)9-14(11)16/h2-7,9,15,19H,8,18H2,1H3. The third-order valence-electron chi connectivity index (χ3n) is 3.20. The lowest BCUT2D eigenvalue weighted by molar-refractivity contribution is 0.547. The van der Waals surface area contributed by atoms with E-state index in [-0.39, 0.29) is 11.9 Å². The fraction of sp³-hybridized carbons (Fsp3) is 0.200.